The van der Waals surface area contributed by atoms with E-state index in [0.717, 1.165) is 18.8 Å². The highest BCUT2D eigenvalue weighted by molar-refractivity contribution is 5.74. The summed E-state index contributed by atoms with van der Waals surface area (Å²) in [5, 5.41) is 9.12. The van der Waals surface area contributed by atoms with Crippen LogP contribution in [0.5, 0.6) is 0 Å². The zero-order valence-corrected chi connectivity index (χ0v) is 14.8. The molecule has 124 valence electrons. The number of aliphatic hydroxyl groups is 1. The quantitative estimate of drug-likeness (QED) is 0.691. The predicted octanol–water partition coefficient (Wildman–Crippen LogP) is 5.93. The third kappa shape index (κ3) is 5.21. The second kappa shape index (κ2) is 8.88. The lowest BCUT2D eigenvalue weighted by Gasteiger charge is -2.25. The first-order valence-corrected chi connectivity index (χ1v) is 8.87. The number of rotatable bonds is 6. The minimum Gasteiger partial charge on any atom is -0.392 e. The van der Waals surface area contributed by atoms with Gasteiger partial charge >= 0.3 is 0 Å². The predicted molar refractivity (Wildman–Crippen MR) is 100 cm³/mol. The molecule has 0 saturated carbocycles. The summed E-state index contributed by atoms with van der Waals surface area (Å²) in [5.74, 6) is 0.719. The summed E-state index contributed by atoms with van der Waals surface area (Å²) in [6, 6.07) is 10.8. The highest BCUT2D eigenvalue weighted by atomic mass is 16.2. The van der Waals surface area contributed by atoms with Gasteiger partial charge in [0.15, 0.2) is 0 Å². The van der Waals surface area contributed by atoms with Crippen LogP contribution < -0.4 is 0 Å². The van der Waals surface area contributed by atoms with Gasteiger partial charge in [-0.2, -0.15) is 0 Å². The first kappa shape index (κ1) is 17.7. The lowest BCUT2D eigenvalue weighted by Crippen LogP contribution is -2.05. The molecule has 0 bridgehead atoms. The standard InChI is InChI=1S/C22H30O/c1-17(2)12-13-22-20(16-18(3)14-15-23)10-7-11-21(22)19-8-5-4-6-9-19/h4-6,8-9,14,16-17,23H,7,10-13,15H2,1-3H3/b18-14+,20-16+. The van der Waals surface area contributed by atoms with Gasteiger partial charge in [-0.3, -0.25) is 0 Å². The fraction of sp³-hybridized carbons (Fsp3) is 0.455. The largest absolute Gasteiger partial charge is 0.392 e. The van der Waals surface area contributed by atoms with Crippen molar-refractivity contribution in [3.05, 3.63) is 64.8 Å². The fourth-order valence-corrected chi connectivity index (χ4v) is 3.29. The Labute approximate surface area is 141 Å². The van der Waals surface area contributed by atoms with Gasteiger partial charge in [0.25, 0.3) is 0 Å². The molecule has 1 aromatic rings. The van der Waals surface area contributed by atoms with E-state index in [1.165, 1.54) is 41.5 Å². The van der Waals surface area contributed by atoms with E-state index in [1.54, 1.807) is 5.57 Å². The Morgan fingerprint density at radius 1 is 1.17 bits per heavy atom. The van der Waals surface area contributed by atoms with Crippen LogP contribution in [0.15, 0.2) is 59.2 Å². The van der Waals surface area contributed by atoms with Crippen molar-refractivity contribution in [2.75, 3.05) is 6.61 Å². The summed E-state index contributed by atoms with van der Waals surface area (Å²) >= 11 is 0. The number of benzene rings is 1. The molecule has 1 aliphatic rings. The zero-order chi connectivity index (χ0) is 16.7. The maximum absolute atomic E-state index is 9.12. The van der Waals surface area contributed by atoms with Crippen LogP contribution in [0.1, 0.15) is 58.4 Å². The average Bonchev–Trinajstić information content (AvgIpc) is 2.54. The van der Waals surface area contributed by atoms with Crippen LogP contribution in [-0.2, 0) is 0 Å². The first-order chi connectivity index (χ1) is 11.1. The maximum Gasteiger partial charge on any atom is 0.0617 e. The average molecular weight is 310 g/mol. The van der Waals surface area contributed by atoms with Gasteiger partial charge in [-0.1, -0.05) is 61.9 Å². The van der Waals surface area contributed by atoms with Crippen LogP contribution in [0.4, 0.5) is 0 Å². The molecule has 1 aliphatic carbocycles. The van der Waals surface area contributed by atoms with Gasteiger partial charge in [0.2, 0.25) is 0 Å². The summed E-state index contributed by atoms with van der Waals surface area (Å²) in [5.41, 5.74) is 7.08. The van der Waals surface area contributed by atoms with Crippen molar-refractivity contribution in [1.82, 2.24) is 0 Å². The summed E-state index contributed by atoms with van der Waals surface area (Å²) in [7, 11) is 0. The minimum atomic E-state index is 0.117. The van der Waals surface area contributed by atoms with Gasteiger partial charge in [0.05, 0.1) is 6.61 Å². The van der Waals surface area contributed by atoms with Gasteiger partial charge in [-0.15, -0.1) is 0 Å². The van der Waals surface area contributed by atoms with E-state index in [0.29, 0.717) is 0 Å². The molecular weight excluding hydrogens is 280 g/mol. The summed E-state index contributed by atoms with van der Waals surface area (Å²) in [4.78, 5) is 0. The molecule has 1 heteroatoms. The Hall–Kier alpha value is -1.60. The van der Waals surface area contributed by atoms with E-state index < -0.39 is 0 Å². The molecule has 23 heavy (non-hydrogen) atoms. The molecule has 0 unspecified atom stereocenters. The smallest absolute Gasteiger partial charge is 0.0617 e. The van der Waals surface area contributed by atoms with Gasteiger partial charge in [0, 0.05) is 0 Å². The zero-order valence-electron chi connectivity index (χ0n) is 14.8. The van der Waals surface area contributed by atoms with Gasteiger partial charge in [-0.25, -0.2) is 0 Å². The molecule has 0 aromatic heterocycles. The topological polar surface area (TPSA) is 20.2 Å². The van der Waals surface area contributed by atoms with Gasteiger partial charge in [0.1, 0.15) is 0 Å². The number of allylic oxidation sites excluding steroid dienone is 5. The molecule has 1 aromatic carbocycles. The molecular formula is C22H30O. The van der Waals surface area contributed by atoms with Crippen LogP contribution >= 0.6 is 0 Å². The van der Waals surface area contributed by atoms with E-state index in [4.69, 9.17) is 5.11 Å². The number of aliphatic hydroxyl groups excluding tert-OH is 1. The van der Waals surface area contributed by atoms with Crippen LogP contribution in [-0.4, -0.2) is 11.7 Å². The molecule has 0 aliphatic heterocycles. The van der Waals surface area contributed by atoms with E-state index in [9.17, 15) is 0 Å². The fourth-order valence-electron chi connectivity index (χ4n) is 3.29. The molecule has 1 N–H and O–H groups in total. The van der Waals surface area contributed by atoms with E-state index in [2.05, 4.69) is 57.2 Å². The highest BCUT2D eigenvalue weighted by Crippen LogP contribution is 2.39. The van der Waals surface area contributed by atoms with Crippen LogP contribution in [0.3, 0.4) is 0 Å². The van der Waals surface area contributed by atoms with Crippen LogP contribution in [0.2, 0.25) is 0 Å². The SMILES string of the molecule is CC(=C\CO)/C=C1\CCCC(c2ccccc2)=C1CCC(C)C. The molecule has 0 amide bonds. The first-order valence-electron chi connectivity index (χ1n) is 8.87. The lowest BCUT2D eigenvalue weighted by atomic mass is 9.80. The second-order valence-corrected chi connectivity index (χ2v) is 6.91. The van der Waals surface area contributed by atoms with Crippen molar-refractivity contribution in [2.45, 2.75) is 52.9 Å². The van der Waals surface area contributed by atoms with E-state index in [-0.39, 0.29) is 6.61 Å². The Kier molecular flexibility index (Phi) is 6.85. The molecule has 1 nitrogen and oxygen atoms in total. The molecule has 0 heterocycles. The Bertz CT molecular complexity index is 588. The van der Waals surface area contributed by atoms with Crippen molar-refractivity contribution in [3.63, 3.8) is 0 Å². The normalized spacial score (nSPS) is 18.1. The molecule has 0 fully saturated rings. The van der Waals surface area contributed by atoms with Crippen LogP contribution in [0, 0.1) is 5.92 Å². The van der Waals surface area contributed by atoms with Gasteiger partial charge in [-0.05, 0) is 67.2 Å². The van der Waals surface area contributed by atoms with Crippen molar-refractivity contribution >= 4 is 5.57 Å². The van der Waals surface area contributed by atoms with E-state index >= 15 is 0 Å². The number of hydrogen-bond acceptors (Lipinski definition) is 1. The third-order valence-electron chi connectivity index (χ3n) is 4.53. The molecule has 0 spiro atoms. The monoisotopic (exact) mass is 310 g/mol. The third-order valence-corrected chi connectivity index (χ3v) is 4.53. The lowest BCUT2D eigenvalue weighted by molar-refractivity contribution is 0.342. The van der Waals surface area contributed by atoms with Crippen molar-refractivity contribution in [2.24, 2.45) is 5.92 Å². The molecule has 0 atom stereocenters. The minimum absolute atomic E-state index is 0.117. The van der Waals surface area contributed by atoms with Crippen molar-refractivity contribution in [1.29, 1.82) is 0 Å². The summed E-state index contributed by atoms with van der Waals surface area (Å²) in [6.45, 7) is 6.80. The van der Waals surface area contributed by atoms with Crippen molar-refractivity contribution < 1.29 is 5.11 Å². The van der Waals surface area contributed by atoms with E-state index in [1.807, 2.05) is 6.08 Å². The Morgan fingerprint density at radius 3 is 2.57 bits per heavy atom. The Balaban J connectivity index is 2.43. The number of hydrogen-bond donors (Lipinski definition) is 1. The summed E-state index contributed by atoms with van der Waals surface area (Å²) in [6.07, 6.45) is 10.1. The second-order valence-electron chi connectivity index (χ2n) is 6.91. The van der Waals surface area contributed by atoms with Gasteiger partial charge < -0.3 is 5.11 Å². The van der Waals surface area contributed by atoms with Crippen LogP contribution in [0.25, 0.3) is 5.57 Å². The maximum atomic E-state index is 9.12. The molecule has 0 saturated heterocycles. The molecule has 0 radical (unpaired) electrons. The Morgan fingerprint density at radius 2 is 1.91 bits per heavy atom. The molecule has 2 rings (SSSR count). The highest BCUT2D eigenvalue weighted by Gasteiger charge is 2.18. The van der Waals surface area contributed by atoms with Crippen molar-refractivity contribution in [3.8, 4) is 0 Å². The summed E-state index contributed by atoms with van der Waals surface area (Å²) < 4.78 is 0.